The number of rotatable bonds is 4. The highest BCUT2D eigenvalue weighted by Gasteiger charge is 2.21. The van der Waals surface area contributed by atoms with E-state index in [0.717, 1.165) is 6.33 Å². The van der Waals surface area contributed by atoms with Crippen LogP contribution in [0.1, 0.15) is 21.0 Å². The predicted molar refractivity (Wildman–Crippen MR) is 63.5 cm³/mol. The van der Waals surface area contributed by atoms with E-state index in [2.05, 4.69) is 9.97 Å². The van der Waals surface area contributed by atoms with Crippen LogP contribution in [0.3, 0.4) is 0 Å². The van der Waals surface area contributed by atoms with Gasteiger partial charge >= 0.3 is 11.9 Å². The number of aromatic carboxylic acids is 1. The van der Waals surface area contributed by atoms with Crippen LogP contribution in [0.5, 0.6) is 11.5 Å². The first-order chi connectivity index (χ1) is 9.11. The first-order valence-electron chi connectivity index (χ1n) is 5.24. The van der Waals surface area contributed by atoms with E-state index in [9.17, 15) is 9.59 Å². The summed E-state index contributed by atoms with van der Waals surface area (Å²) in [5.74, 6) is -1.23. The Morgan fingerprint density at radius 1 is 1.21 bits per heavy atom. The Hall–Kier alpha value is -2.83. The second kappa shape index (κ2) is 5.21. The van der Waals surface area contributed by atoms with Gasteiger partial charge in [0, 0.05) is 0 Å². The van der Waals surface area contributed by atoms with Gasteiger partial charge in [-0.25, -0.2) is 14.6 Å². The minimum absolute atomic E-state index is 0.205. The molecule has 7 heteroatoms. The molecule has 1 heterocycles. The Morgan fingerprint density at radius 2 is 1.84 bits per heavy atom. The lowest BCUT2D eigenvalue weighted by molar-refractivity contribution is 0.0661. The molecule has 0 amide bonds. The summed E-state index contributed by atoms with van der Waals surface area (Å²) in [4.78, 5) is 28.6. The number of imidazole rings is 1. The van der Waals surface area contributed by atoms with E-state index in [4.69, 9.17) is 14.6 Å². The van der Waals surface area contributed by atoms with Gasteiger partial charge < -0.3 is 19.6 Å². The Morgan fingerprint density at radius 3 is 2.42 bits per heavy atom. The zero-order chi connectivity index (χ0) is 13.8. The third-order valence-corrected chi connectivity index (χ3v) is 2.32. The molecule has 1 aromatic heterocycles. The maximum atomic E-state index is 11.8. The lowest BCUT2D eigenvalue weighted by Gasteiger charge is -2.04. The fourth-order valence-electron chi connectivity index (χ4n) is 1.41. The quantitative estimate of drug-likeness (QED) is 0.636. The summed E-state index contributed by atoms with van der Waals surface area (Å²) in [6.07, 6.45) is 1.12. The minimum Gasteiger partial charge on any atom is -0.497 e. The van der Waals surface area contributed by atoms with Gasteiger partial charge in [-0.05, 0) is 24.3 Å². The Balaban J connectivity index is 2.16. The summed E-state index contributed by atoms with van der Waals surface area (Å²) in [6.45, 7) is 0. The van der Waals surface area contributed by atoms with Crippen molar-refractivity contribution < 1.29 is 24.2 Å². The number of esters is 1. The number of carboxylic acid groups (broad SMARTS) is 1. The Labute approximate surface area is 107 Å². The molecule has 7 nitrogen and oxygen atoms in total. The summed E-state index contributed by atoms with van der Waals surface area (Å²) in [5.41, 5.74) is -0.582. The smallest absolute Gasteiger partial charge is 0.362 e. The molecule has 0 saturated carbocycles. The van der Waals surface area contributed by atoms with Crippen LogP contribution in [-0.2, 0) is 0 Å². The summed E-state index contributed by atoms with van der Waals surface area (Å²) >= 11 is 0. The number of aromatic amines is 1. The standard InChI is InChI=1S/C12H10N2O5/c1-18-7-2-4-8(5-3-7)19-12(17)10-9(11(15)16)13-6-14-10/h2-6H,1H3,(H,13,14)(H,15,16). The molecule has 0 fully saturated rings. The monoisotopic (exact) mass is 262 g/mol. The van der Waals surface area contributed by atoms with Gasteiger partial charge in [0.05, 0.1) is 13.4 Å². The Bertz CT molecular complexity index is 603. The zero-order valence-electron chi connectivity index (χ0n) is 9.91. The number of carbonyl (C=O) groups excluding carboxylic acids is 1. The first-order valence-corrected chi connectivity index (χ1v) is 5.24. The van der Waals surface area contributed by atoms with Crippen LogP contribution in [0.25, 0.3) is 0 Å². The van der Waals surface area contributed by atoms with Crippen molar-refractivity contribution in [2.45, 2.75) is 0 Å². The molecule has 1 aromatic carbocycles. The average molecular weight is 262 g/mol. The summed E-state index contributed by atoms with van der Waals surface area (Å²) in [6, 6.07) is 6.31. The highest BCUT2D eigenvalue weighted by molar-refractivity contribution is 6.00. The molecule has 2 aromatic rings. The lowest BCUT2D eigenvalue weighted by atomic mass is 10.3. The number of ether oxygens (including phenoxy) is 2. The third-order valence-electron chi connectivity index (χ3n) is 2.32. The number of hydrogen-bond donors (Lipinski definition) is 2. The van der Waals surface area contributed by atoms with Gasteiger partial charge in [-0.1, -0.05) is 0 Å². The average Bonchev–Trinajstić information content (AvgIpc) is 2.89. The number of carbonyl (C=O) groups is 2. The van der Waals surface area contributed by atoms with Gasteiger partial charge in [-0.15, -0.1) is 0 Å². The molecule has 2 N–H and O–H groups in total. The highest BCUT2D eigenvalue weighted by atomic mass is 16.5. The second-order valence-corrected chi connectivity index (χ2v) is 3.50. The molecule has 0 aliphatic rings. The SMILES string of the molecule is COc1ccc(OC(=O)c2[nH]cnc2C(=O)O)cc1. The van der Waals surface area contributed by atoms with Gasteiger partial charge in [0.2, 0.25) is 0 Å². The highest BCUT2D eigenvalue weighted by Crippen LogP contribution is 2.18. The topological polar surface area (TPSA) is 102 Å². The van der Waals surface area contributed by atoms with Crippen molar-refractivity contribution >= 4 is 11.9 Å². The number of methoxy groups -OCH3 is 1. The molecule has 98 valence electrons. The number of H-pyrrole nitrogens is 1. The summed E-state index contributed by atoms with van der Waals surface area (Å²) in [5, 5.41) is 8.83. The van der Waals surface area contributed by atoms with Crippen LogP contribution in [0.2, 0.25) is 0 Å². The predicted octanol–water partition coefficient (Wildman–Crippen LogP) is 1.34. The van der Waals surface area contributed by atoms with Gasteiger partial charge in [0.1, 0.15) is 11.5 Å². The van der Waals surface area contributed by atoms with Gasteiger partial charge in [-0.3, -0.25) is 0 Å². The molecule has 0 aliphatic carbocycles. The van der Waals surface area contributed by atoms with Crippen molar-refractivity contribution in [2.75, 3.05) is 7.11 Å². The number of benzene rings is 1. The van der Waals surface area contributed by atoms with Gasteiger partial charge in [-0.2, -0.15) is 0 Å². The van der Waals surface area contributed by atoms with Crippen molar-refractivity contribution in [3.63, 3.8) is 0 Å². The first kappa shape index (κ1) is 12.6. The van der Waals surface area contributed by atoms with Crippen LogP contribution in [0.4, 0.5) is 0 Å². The van der Waals surface area contributed by atoms with Crippen molar-refractivity contribution in [3.8, 4) is 11.5 Å². The molecule has 0 atom stereocenters. The van der Waals surface area contributed by atoms with Crippen molar-refractivity contribution in [1.29, 1.82) is 0 Å². The zero-order valence-corrected chi connectivity index (χ0v) is 9.91. The van der Waals surface area contributed by atoms with Crippen LogP contribution < -0.4 is 9.47 Å². The van der Waals surface area contributed by atoms with Crippen LogP contribution >= 0.6 is 0 Å². The molecule has 2 rings (SSSR count). The van der Waals surface area contributed by atoms with Crippen molar-refractivity contribution in [3.05, 3.63) is 42.0 Å². The van der Waals surface area contributed by atoms with Gasteiger partial charge in [0.15, 0.2) is 11.4 Å². The van der Waals surface area contributed by atoms with E-state index in [0.29, 0.717) is 5.75 Å². The molecule has 0 saturated heterocycles. The van der Waals surface area contributed by atoms with Crippen LogP contribution in [0, 0.1) is 0 Å². The number of hydrogen-bond acceptors (Lipinski definition) is 5. The lowest BCUT2D eigenvalue weighted by Crippen LogP contribution is -2.14. The molecular weight excluding hydrogens is 252 g/mol. The number of carboxylic acids is 1. The van der Waals surface area contributed by atoms with E-state index in [-0.39, 0.29) is 17.1 Å². The van der Waals surface area contributed by atoms with E-state index in [1.807, 2.05) is 0 Å². The van der Waals surface area contributed by atoms with Gasteiger partial charge in [0.25, 0.3) is 0 Å². The normalized spacial score (nSPS) is 9.95. The second-order valence-electron chi connectivity index (χ2n) is 3.50. The molecule has 0 aliphatic heterocycles. The summed E-state index contributed by atoms with van der Waals surface area (Å²) in [7, 11) is 1.52. The molecule has 0 spiro atoms. The minimum atomic E-state index is -1.30. The van der Waals surface area contributed by atoms with Crippen molar-refractivity contribution in [1.82, 2.24) is 9.97 Å². The molecular formula is C12H10N2O5. The third kappa shape index (κ3) is 2.71. The molecule has 0 bridgehead atoms. The van der Waals surface area contributed by atoms with E-state index in [1.165, 1.54) is 19.2 Å². The maximum Gasteiger partial charge on any atom is 0.362 e. The molecule has 0 unspecified atom stereocenters. The molecule has 0 radical (unpaired) electrons. The largest absolute Gasteiger partial charge is 0.497 e. The Kier molecular flexibility index (Phi) is 3.46. The number of nitrogens with zero attached hydrogens (tertiary/aromatic N) is 1. The number of aromatic nitrogens is 2. The fraction of sp³-hybridized carbons (Fsp3) is 0.0833. The summed E-state index contributed by atoms with van der Waals surface area (Å²) < 4.78 is 9.98. The van der Waals surface area contributed by atoms with E-state index in [1.54, 1.807) is 12.1 Å². The van der Waals surface area contributed by atoms with E-state index >= 15 is 0 Å². The maximum absolute atomic E-state index is 11.8. The van der Waals surface area contributed by atoms with E-state index < -0.39 is 11.9 Å². The number of nitrogens with one attached hydrogen (secondary N) is 1. The van der Waals surface area contributed by atoms with Crippen molar-refractivity contribution in [2.24, 2.45) is 0 Å². The van der Waals surface area contributed by atoms with Crippen LogP contribution in [0.15, 0.2) is 30.6 Å². The van der Waals surface area contributed by atoms with Crippen LogP contribution in [-0.4, -0.2) is 34.1 Å². The molecule has 19 heavy (non-hydrogen) atoms. The fourth-order valence-corrected chi connectivity index (χ4v) is 1.41.